The van der Waals surface area contributed by atoms with Gasteiger partial charge in [-0.05, 0) is 74.9 Å². The number of halogens is 2. The van der Waals surface area contributed by atoms with Crippen LogP contribution in [0.4, 0.5) is 14.5 Å². The zero-order valence-electron chi connectivity index (χ0n) is 19.7. The molecule has 4 aromatic rings. The van der Waals surface area contributed by atoms with Crippen molar-refractivity contribution in [3.63, 3.8) is 0 Å². The molecule has 0 bridgehead atoms. The summed E-state index contributed by atoms with van der Waals surface area (Å²) in [5, 5.41) is 2.92. The van der Waals surface area contributed by atoms with Gasteiger partial charge in [0.2, 0.25) is 0 Å². The number of nitrogens with zero attached hydrogens (tertiary/aromatic N) is 3. The molecule has 5 rings (SSSR count). The number of hydrogen-bond acceptors (Lipinski definition) is 3. The Morgan fingerprint density at radius 2 is 1.33 bits per heavy atom. The number of carbonyl (C=O) groups is 2. The molecule has 3 heterocycles. The topological polar surface area (TPSA) is 79.1 Å². The van der Waals surface area contributed by atoms with E-state index in [2.05, 4.69) is 5.10 Å². The summed E-state index contributed by atoms with van der Waals surface area (Å²) in [6.07, 6.45) is 3.36. The number of H-pyrrole nitrogens is 1. The number of imide groups is 1. The van der Waals surface area contributed by atoms with E-state index >= 15 is 0 Å². The van der Waals surface area contributed by atoms with Crippen molar-refractivity contribution in [1.82, 2.24) is 9.78 Å². The van der Waals surface area contributed by atoms with Crippen molar-refractivity contribution in [1.29, 1.82) is 0 Å². The minimum atomic E-state index is -0.710. The second-order valence-electron chi connectivity index (χ2n) is 8.59. The average Bonchev–Trinajstić information content (AvgIpc) is 3.28. The van der Waals surface area contributed by atoms with Crippen LogP contribution in [0.15, 0.2) is 71.8 Å². The molecule has 0 saturated heterocycles. The fraction of sp³-hybridized carbons (Fsp3) is 0.111. The van der Waals surface area contributed by atoms with Crippen molar-refractivity contribution < 1.29 is 22.9 Å². The van der Waals surface area contributed by atoms with E-state index in [1.807, 2.05) is 13.8 Å². The Bertz CT molecular complexity index is 1630. The van der Waals surface area contributed by atoms with Crippen LogP contribution in [-0.2, 0) is 9.59 Å². The van der Waals surface area contributed by atoms with Crippen molar-refractivity contribution in [3.8, 4) is 5.69 Å². The molecular formula is C27H21F2N4O3+. The normalized spacial score (nSPS) is 13.8. The maximum Gasteiger partial charge on any atom is 0.331 e. The number of nitrogens with one attached hydrogen (secondary N) is 1. The number of rotatable bonds is 4. The molecule has 0 aliphatic carbocycles. The number of aryl methyl sites for hydroxylation is 3. The fourth-order valence-electron chi connectivity index (χ4n) is 4.24. The van der Waals surface area contributed by atoms with E-state index in [1.165, 1.54) is 45.6 Å². The van der Waals surface area contributed by atoms with Gasteiger partial charge in [0.25, 0.3) is 17.2 Å². The first kappa shape index (κ1) is 23.1. The van der Waals surface area contributed by atoms with E-state index in [0.717, 1.165) is 28.2 Å². The Balaban J connectivity index is 1.76. The van der Waals surface area contributed by atoms with E-state index in [0.29, 0.717) is 11.4 Å². The highest BCUT2D eigenvalue weighted by molar-refractivity contribution is 6.53. The predicted molar refractivity (Wildman–Crippen MR) is 129 cm³/mol. The smallest absolute Gasteiger partial charge is 0.295 e. The Labute approximate surface area is 204 Å². The van der Waals surface area contributed by atoms with Crippen LogP contribution in [0.25, 0.3) is 17.0 Å². The monoisotopic (exact) mass is 487 g/mol. The van der Waals surface area contributed by atoms with Gasteiger partial charge in [-0.25, -0.2) is 18.4 Å². The van der Waals surface area contributed by atoms with Crippen LogP contribution in [-0.4, -0.2) is 21.6 Å². The van der Waals surface area contributed by atoms with E-state index in [1.54, 1.807) is 25.4 Å². The van der Waals surface area contributed by atoms with Crippen LogP contribution in [0, 0.1) is 32.4 Å². The lowest BCUT2D eigenvalue weighted by atomic mass is 10.0. The van der Waals surface area contributed by atoms with E-state index in [9.17, 15) is 23.2 Å². The number of aromatic amines is 1. The second-order valence-corrected chi connectivity index (χ2v) is 8.59. The molecule has 0 unspecified atom stereocenters. The SMILES string of the molecule is Cc1cc[n+](C2=C(c3c(C)[nH]n(-c4ccc(F)cc4)c3=O)C(=O)N(c3ccc(F)cc3)C2=O)cc1C. The number of hydrogen-bond donors (Lipinski definition) is 1. The largest absolute Gasteiger partial charge is 0.331 e. The van der Waals surface area contributed by atoms with Gasteiger partial charge >= 0.3 is 5.91 Å². The minimum absolute atomic E-state index is 0.00196. The first-order valence-electron chi connectivity index (χ1n) is 11.1. The highest BCUT2D eigenvalue weighted by Crippen LogP contribution is 2.33. The maximum absolute atomic E-state index is 13.8. The van der Waals surface area contributed by atoms with E-state index in [4.69, 9.17) is 0 Å². The molecule has 180 valence electrons. The van der Waals surface area contributed by atoms with Gasteiger partial charge in [0.15, 0.2) is 12.4 Å². The zero-order valence-corrected chi connectivity index (χ0v) is 19.7. The lowest BCUT2D eigenvalue weighted by Crippen LogP contribution is -2.40. The zero-order chi connectivity index (χ0) is 25.7. The van der Waals surface area contributed by atoms with Gasteiger partial charge < -0.3 is 0 Å². The summed E-state index contributed by atoms with van der Waals surface area (Å²) in [7, 11) is 0. The number of anilines is 1. The molecule has 1 aliphatic rings. The van der Waals surface area contributed by atoms with Gasteiger partial charge in [0.1, 0.15) is 17.2 Å². The molecule has 7 nitrogen and oxygen atoms in total. The van der Waals surface area contributed by atoms with Gasteiger partial charge in [-0.15, -0.1) is 0 Å². The third-order valence-corrected chi connectivity index (χ3v) is 6.25. The summed E-state index contributed by atoms with van der Waals surface area (Å²) in [5.41, 5.74) is 2.11. The second kappa shape index (κ2) is 8.53. The first-order valence-corrected chi connectivity index (χ1v) is 11.1. The molecule has 1 N–H and O–H groups in total. The summed E-state index contributed by atoms with van der Waals surface area (Å²) in [6, 6.07) is 12.1. The summed E-state index contributed by atoms with van der Waals surface area (Å²) in [4.78, 5) is 41.9. The van der Waals surface area contributed by atoms with Crippen molar-refractivity contribution >= 4 is 28.8 Å². The molecule has 0 spiro atoms. The van der Waals surface area contributed by atoms with Crippen LogP contribution in [0.3, 0.4) is 0 Å². The molecule has 2 aromatic heterocycles. The maximum atomic E-state index is 13.8. The van der Waals surface area contributed by atoms with Crippen molar-refractivity contribution in [2.24, 2.45) is 0 Å². The third kappa shape index (κ3) is 3.65. The molecule has 0 atom stereocenters. The summed E-state index contributed by atoms with van der Waals surface area (Å²) < 4.78 is 29.7. The summed E-state index contributed by atoms with van der Waals surface area (Å²) in [6.45, 7) is 5.40. The van der Waals surface area contributed by atoms with Gasteiger partial charge in [0.05, 0.1) is 16.9 Å². The highest BCUT2D eigenvalue weighted by Gasteiger charge is 2.48. The molecule has 0 fully saturated rings. The lowest BCUT2D eigenvalue weighted by Gasteiger charge is -2.13. The Morgan fingerprint density at radius 3 is 1.92 bits per heavy atom. The number of carbonyl (C=O) groups excluding carboxylic acids is 2. The third-order valence-electron chi connectivity index (χ3n) is 6.25. The number of pyridine rings is 1. The number of benzene rings is 2. The molecule has 2 amide bonds. The molecule has 1 aliphatic heterocycles. The van der Waals surface area contributed by atoms with Gasteiger partial charge in [-0.2, -0.15) is 4.57 Å². The van der Waals surface area contributed by atoms with E-state index in [-0.39, 0.29) is 22.5 Å². The Hall–Kier alpha value is -4.66. The Kier molecular flexibility index (Phi) is 5.47. The molecule has 9 heteroatoms. The summed E-state index contributed by atoms with van der Waals surface area (Å²) >= 11 is 0. The van der Waals surface area contributed by atoms with Crippen LogP contribution in [0.5, 0.6) is 0 Å². The quantitative estimate of drug-likeness (QED) is 0.353. The van der Waals surface area contributed by atoms with Crippen LogP contribution < -0.4 is 15.0 Å². The summed E-state index contributed by atoms with van der Waals surface area (Å²) in [5.74, 6) is -2.34. The Morgan fingerprint density at radius 1 is 0.750 bits per heavy atom. The number of aromatic nitrogens is 3. The minimum Gasteiger partial charge on any atom is -0.295 e. The van der Waals surface area contributed by atoms with Crippen LogP contribution in [0.1, 0.15) is 22.4 Å². The standard InChI is InChI=1S/C27H20F2N4O3/c1-15-12-13-31(14-16(15)2)24-23(25(34)32(27(24)36)20-8-4-18(28)5-9-20)22-17(3)30-33(26(22)35)21-10-6-19(29)7-11-21/h4-14H,1-3H3/p+1. The van der Waals surface area contributed by atoms with Crippen LogP contribution >= 0.6 is 0 Å². The molecule has 0 saturated carbocycles. The predicted octanol–water partition coefficient (Wildman–Crippen LogP) is 3.60. The first-order chi connectivity index (χ1) is 17.2. The van der Waals surface area contributed by atoms with Gasteiger partial charge in [-0.1, -0.05) is 0 Å². The molecule has 2 aromatic carbocycles. The van der Waals surface area contributed by atoms with Crippen molar-refractivity contribution in [2.75, 3.05) is 4.90 Å². The number of amides is 2. The van der Waals surface area contributed by atoms with Crippen molar-refractivity contribution in [2.45, 2.75) is 20.8 Å². The average molecular weight is 487 g/mol. The van der Waals surface area contributed by atoms with Gasteiger partial charge in [-0.3, -0.25) is 19.5 Å². The van der Waals surface area contributed by atoms with Gasteiger partial charge in [0, 0.05) is 17.3 Å². The molecule has 0 radical (unpaired) electrons. The van der Waals surface area contributed by atoms with E-state index < -0.39 is 29.0 Å². The highest BCUT2D eigenvalue weighted by atomic mass is 19.1. The molecule has 36 heavy (non-hydrogen) atoms. The van der Waals surface area contributed by atoms with Crippen molar-refractivity contribution in [3.05, 3.63) is 111 Å². The van der Waals surface area contributed by atoms with Crippen LogP contribution in [0.2, 0.25) is 0 Å². The lowest BCUT2D eigenvalue weighted by molar-refractivity contribution is -0.577. The molecular weight excluding hydrogens is 466 g/mol. The fourth-order valence-corrected chi connectivity index (χ4v) is 4.24.